The van der Waals surface area contributed by atoms with Gasteiger partial charge >= 0.3 is 0 Å². The van der Waals surface area contributed by atoms with E-state index in [4.69, 9.17) is 0 Å². The van der Waals surface area contributed by atoms with Gasteiger partial charge in [0.2, 0.25) is 0 Å². The maximum Gasteiger partial charge on any atom is 0.0925 e. The summed E-state index contributed by atoms with van der Waals surface area (Å²) in [6.07, 6.45) is 5.62. The van der Waals surface area contributed by atoms with Crippen molar-refractivity contribution in [1.29, 1.82) is 0 Å². The third-order valence-corrected chi connectivity index (χ3v) is 3.86. The molecule has 1 aliphatic heterocycles. The summed E-state index contributed by atoms with van der Waals surface area (Å²) in [7, 11) is 0. The molecule has 1 aromatic rings. The van der Waals surface area contributed by atoms with E-state index in [1.54, 1.807) is 6.33 Å². The van der Waals surface area contributed by atoms with Gasteiger partial charge in [0.25, 0.3) is 0 Å². The fourth-order valence-electron chi connectivity index (χ4n) is 2.31. The Morgan fingerprint density at radius 1 is 1.56 bits per heavy atom. The van der Waals surface area contributed by atoms with Crippen LogP contribution in [0.5, 0.6) is 0 Å². The zero-order chi connectivity index (χ0) is 11.0. The van der Waals surface area contributed by atoms with Gasteiger partial charge in [-0.2, -0.15) is 0 Å². The van der Waals surface area contributed by atoms with Crippen molar-refractivity contribution in [2.75, 3.05) is 13.1 Å². The highest BCUT2D eigenvalue weighted by molar-refractivity contribution is 5.15. The van der Waals surface area contributed by atoms with Gasteiger partial charge in [0.05, 0.1) is 17.7 Å². The molecule has 1 unspecified atom stereocenters. The van der Waals surface area contributed by atoms with Gasteiger partial charge in [0.15, 0.2) is 0 Å². The minimum Gasteiger partial charge on any atom is -0.347 e. The number of H-pyrrole nitrogens is 1. The van der Waals surface area contributed by atoms with E-state index in [0.717, 1.165) is 19.5 Å². The molecule has 0 amide bonds. The summed E-state index contributed by atoms with van der Waals surface area (Å²) >= 11 is 0. The molecule has 1 atom stereocenters. The van der Waals surface area contributed by atoms with E-state index in [1.807, 2.05) is 0 Å². The maximum absolute atomic E-state index is 4.35. The van der Waals surface area contributed by atoms with E-state index < -0.39 is 0 Å². The van der Waals surface area contributed by atoms with Gasteiger partial charge in [0.1, 0.15) is 0 Å². The van der Waals surface area contributed by atoms with Gasteiger partial charge in [0, 0.05) is 32.1 Å². The lowest BCUT2D eigenvalue weighted by atomic mass is 10.0. The van der Waals surface area contributed by atoms with Crippen molar-refractivity contribution in [3.05, 3.63) is 17.7 Å². The van der Waals surface area contributed by atoms with E-state index in [1.165, 1.54) is 30.8 Å². The SMILES string of the molecule is CC1(CNCC2Cc3nc[nH]c3CN2)CC1. The van der Waals surface area contributed by atoms with Crippen LogP contribution in [0.3, 0.4) is 0 Å². The van der Waals surface area contributed by atoms with E-state index >= 15 is 0 Å². The first-order valence-corrected chi connectivity index (χ1v) is 6.20. The summed E-state index contributed by atoms with van der Waals surface area (Å²) in [5.41, 5.74) is 3.10. The molecule has 0 saturated heterocycles. The van der Waals surface area contributed by atoms with E-state index in [-0.39, 0.29) is 0 Å². The normalized spacial score (nSPS) is 26.4. The van der Waals surface area contributed by atoms with Crippen molar-refractivity contribution >= 4 is 0 Å². The molecular formula is C12H20N4. The zero-order valence-electron chi connectivity index (χ0n) is 9.84. The Morgan fingerprint density at radius 2 is 2.44 bits per heavy atom. The Hall–Kier alpha value is -0.870. The molecule has 2 aliphatic rings. The number of nitrogens with zero attached hydrogens (tertiary/aromatic N) is 1. The largest absolute Gasteiger partial charge is 0.347 e. The van der Waals surface area contributed by atoms with E-state index in [0.29, 0.717) is 11.5 Å². The van der Waals surface area contributed by atoms with Crippen molar-refractivity contribution in [2.24, 2.45) is 5.41 Å². The lowest BCUT2D eigenvalue weighted by Gasteiger charge is -2.24. The summed E-state index contributed by atoms with van der Waals surface area (Å²) in [6, 6.07) is 0.540. The monoisotopic (exact) mass is 220 g/mol. The number of hydrogen-bond donors (Lipinski definition) is 3. The third kappa shape index (κ3) is 2.13. The highest BCUT2D eigenvalue weighted by Gasteiger charge is 2.36. The van der Waals surface area contributed by atoms with E-state index in [9.17, 15) is 0 Å². The van der Waals surface area contributed by atoms with Crippen LogP contribution in [0.4, 0.5) is 0 Å². The number of aromatic nitrogens is 2. The van der Waals surface area contributed by atoms with Crippen LogP contribution in [-0.2, 0) is 13.0 Å². The predicted molar refractivity (Wildman–Crippen MR) is 63.1 cm³/mol. The molecule has 4 heteroatoms. The van der Waals surface area contributed by atoms with Crippen LogP contribution in [0.25, 0.3) is 0 Å². The molecule has 1 aromatic heterocycles. The lowest BCUT2D eigenvalue weighted by molar-refractivity contribution is 0.413. The Labute approximate surface area is 96.2 Å². The fourth-order valence-corrected chi connectivity index (χ4v) is 2.31. The van der Waals surface area contributed by atoms with Gasteiger partial charge < -0.3 is 15.6 Å². The second-order valence-electron chi connectivity index (χ2n) is 5.55. The Kier molecular flexibility index (Phi) is 2.48. The second kappa shape index (κ2) is 3.86. The number of rotatable bonds is 4. The first-order chi connectivity index (χ1) is 7.75. The third-order valence-electron chi connectivity index (χ3n) is 3.86. The molecule has 1 saturated carbocycles. The van der Waals surface area contributed by atoms with E-state index in [2.05, 4.69) is 27.5 Å². The molecule has 0 bridgehead atoms. The Bertz CT molecular complexity index is 367. The van der Waals surface area contributed by atoms with Crippen molar-refractivity contribution < 1.29 is 0 Å². The molecule has 0 spiro atoms. The smallest absolute Gasteiger partial charge is 0.0925 e. The molecule has 2 heterocycles. The molecule has 1 fully saturated rings. The van der Waals surface area contributed by atoms with Crippen molar-refractivity contribution in [3.63, 3.8) is 0 Å². The molecule has 3 rings (SSSR count). The average molecular weight is 220 g/mol. The average Bonchev–Trinajstić information content (AvgIpc) is 2.84. The second-order valence-corrected chi connectivity index (χ2v) is 5.55. The summed E-state index contributed by atoms with van der Waals surface area (Å²) in [5, 5.41) is 7.11. The van der Waals surface area contributed by atoms with Gasteiger partial charge in [-0.05, 0) is 18.3 Å². The van der Waals surface area contributed by atoms with Crippen LogP contribution >= 0.6 is 0 Å². The first-order valence-electron chi connectivity index (χ1n) is 6.20. The Balaban J connectivity index is 1.47. The fraction of sp³-hybridized carbons (Fsp3) is 0.750. The molecule has 88 valence electrons. The molecule has 3 N–H and O–H groups in total. The maximum atomic E-state index is 4.35. The van der Waals surface area contributed by atoms with Crippen molar-refractivity contribution in [2.45, 2.75) is 38.8 Å². The highest BCUT2D eigenvalue weighted by atomic mass is 15.0. The number of aromatic amines is 1. The first kappa shape index (κ1) is 10.3. The summed E-state index contributed by atoms with van der Waals surface area (Å²) in [5.74, 6) is 0. The summed E-state index contributed by atoms with van der Waals surface area (Å²) in [4.78, 5) is 7.53. The zero-order valence-corrected chi connectivity index (χ0v) is 9.84. The quantitative estimate of drug-likeness (QED) is 0.704. The predicted octanol–water partition coefficient (Wildman–Crippen LogP) is 0.814. The van der Waals surface area contributed by atoms with Crippen LogP contribution in [0.2, 0.25) is 0 Å². The van der Waals surface area contributed by atoms with Crippen LogP contribution in [0.15, 0.2) is 6.33 Å². The summed E-state index contributed by atoms with van der Waals surface area (Å²) < 4.78 is 0. The number of fused-ring (bicyclic) bond motifs is 1. The van der Waals surface area contributed by atoms with Gasteiger partial charge in [-0.1, -0.05) is 6.92 Å². The topological polar surface area (TPSA) is 52.7 Å². The molecule has 4 nitrogen and oxygen atoms in total. The van der Waals surface area contributed by atoms with Crippen LogP contribution in [0.1, 0.15) is 31.2 Å². The molecule has 0 aromatic carbocycles. The van der Waals surface area contributed by atoms with Crippen LogP contribution in [0, 0.1) is 5.41 Å². The van der Waals surface area contributed by atoms with Crippen molar-refractivity contribution in [3.8, 4) is 0 Å². The van der Waals surface area contributed by atoms with Crippen LogP contribution in [-0.4, -0.2) is 29.1 Å². The highest BCUT2D eigenvalue weighted by Crippen LogP contribution is 2.43. The minimum atomic E-state index is 0.540. The lowest BCUT2D eigenvalue weighted by Crippen LogP contribution is -2.44. The summed E-state index contributed by atoms with van der Waals surface area (Å²) in [6.45, 7) is 5.51. The number of hydrogen-bond acceptors (Lipinski definition) is 3. The minimum absolute atomic E-state index is 0.540. The Morgan fingerprint density at radius 3 is 3.25 bits per heavy atom. The molecule has 0 radical (unpaired) electrons. The number of nitrogens with one attached hydrogen (secondary N) is 3. The molecule has 1 aliphatic carbocycles. The van der Waals surface area contributed by atoms with Gasteiger partial charge in [-0.3, -0.25) is 0 Å². The standard InChI is InChI=1S/C12H20N4/c1-12(2-3-12)7-13-5-9-4-10-11(6-14-9)16-8-15-10/h8-9,13-14H,2-7H2,1H3,(H,15,16). The van der Waals surface area contributed by atoms with Gasteiger partial charge in [-0.25, -0.2) is 4.98 Å². The van der Waals surface area contributed by atoms with Gasteiger partial charge in [-0.15, -0.1) is 0 Å². The molecule has 16 heavy (non-hydrogen) atoms. The van der Waals surface area contributed by atoms with Crippen molar-refractivity contribution in [1.82, 2.24) is 20.6 Å². The number of imidazole rings is 1. The van der Waals surface area contributed by atoms with Crippen LogP contribution < -0.4 is 10.6 Å². The molecular weight excluding hydrogens is 200 g/mol.